The number of hydrogen-bond donors (Lipinski definition) is 6. The van der Waals surface area contributed by atoms with Crippen LogP contribution >= 0.6 is 23.2 Å². The summed E-state index contributed by atoms with van der Waals surface area (Å²) in [4.78, 5) is 23.6. The molecule has 0 aliphatic heterocycles. The molecule has 4 aromatic rings. The third kappa shape index (κ3) is 9.99. The summed E-state index contributed by atoms with van der Waals surface area (Å²) in [7, 11) is 0. The lowest BCUT2D eigenvalue weighted by Crippen LogP contribution is -2.28. The molecule has 0 bridgehead atoms. The highest BCUT2D eigenvalue weighted by molar-refractivity contribution is 6.43. The molecule has 0 radical (unpaired) electrons. The third-order valence-electron chi connectivity index (χ3n) is 6.00. The van der Waals surface area contributed by atoms with Crippen molar-refractivity contribution in [2.75, 3.05) is 16.0 Å². The minimum Gasteiger partial charge on any atom is -0.506 e. The van der Waals surface area contributed by atoms with Crippen molar-refractivity contribution in [3.63, 3.8) is 0 Å². The van der Waals surface area contributed by atoms with Crippen molar-refractivity contribution in [2.24, 2.45) is 0 Å². The van der Waals surface area contributed by atoms with Crippen LogP contribution in [-0.4, -0.2) is 22.3 Å². The lowest BCUT2D eigenvalue weighted by atomic mass is 10.0. The van der Waals surface area contributed by atoms with Crippen molar-refractivity contribution >= 4 is 52.3 Å². The molecular weight excluding hydrogens is 620 g/mol. The van der Waals surface area contributed by atoms with Gasteiger partial charge in [-0.15, -0.1) is 0 Å². The number of phenols is 2. The standard InChI is InChI=1S/C17H17F3N2O2.C14H12Cl2N2O2/c1-10(2)11-6-7-14(15(23)8-11)22-16(24)21-13-5-3-4-12(9-13)17(18,19)20;15-10-6-7-11(13(19)12(10)16)18-14(20)17-8-9-4-2-1-3-5-9/h3-10,23H,1-2H3,(H2,21,22,24);1-7,19H,8H2,(H2,17,18,20). The molecule has 0 saturated carbocycles. The minimum atomic E-state index is -4.49. The number of hydrogen-bond acceptors (Lipinski definition) is 4. The summed E-state index contributed by atoms with van der Waals surface area (Å²) in [5, 5.41) is 29.8. The van der Waals surface area contributed by atoms with Gasteiger partial charge in [-0.05, 0) is 59.5 Å². The largest absolute Gasteiger partial charge is 0.506 e. The first-order valence-electron chi connectivity index (χ1n) is 13.1. The van der Waals surface area contributed by atoms with E-state index in [0.29, 0.717) is 6.54 Å². The van der Waals surface area contributed by atoms with Crippen molar-refractivity contribution in [3.05, 3.63) is 112 Å². The molecule has 44 heavy (non-hydrogen) atoms. The number of carbonyl (C=O) groups excluding carboxylic acids is 2. The van der Waals surface area contributed by atoms with Crippen LogP contribution in [0.3, 0.4) is 0 Å². The first-order chi connectivity index (χ1) is 20.7. The van der Waals surface area contributed by atoms with Gasteiger partial charge >= 0.3 is 18.2 Å². The Morgan fingerprint density at radius 1 is 0.795 bits per heavy atom. The van der Waals surface area contributed by atoms with Crippen LogP contribution < -0.4 is 21.3 Å². The fourth-order valence-electron chi connectivity index (χ4n) is 3.66. The second-order valence-electron chi connectivity index (χ2n) is 9.64. The number of anilines is 3. The summed E-state index contributed by atoms with van der Waals surface area (Å²) in [6.07, 6.45) is -4.49. The number of halogens is 5. The zero-order chi connectivity index (χ0) is 32.4. The van der Waals surface area contributed by atoms with E-state index in [1.54, 1.807) is 6.07 Å². The summed E-state index contributed by atoms with van der Waals surface area (Å²) < 4.78 is 37.9. The highest BCUT2D eigenvalue weighted by atomic mass is 35.5. The quantitative estimate of drug-likeness (QED) is 0.117. The van der Waals surface area contributed by atoms with Crippen LogP contribution in [-0.2, 0) is 12.7 Å². The smallest absolute Gasteiger partial charge is 0.416 e. The van der Waals surface area contributed by atoms with Crippen molar-refractivity contribution in [3.8, 4) is 11.5 Å². The monoisotopic (exact) mass is 648 g/mol. The number of amides is 4. The van der Waals surface area contributed by atoms with Gasteiger partial charge in [-0.25, -0.2) is 9.59 Å². The highest BCUT2D eigenvalue weighted by Gasteiger charge is 2.30. The van der Waals surface area contributed by atoms with Crippen LogP contribution in [0.25, 0.3) is 0 Å². The normalized spacial score (nSPS) is 10.8. The summed E-state index contributed by atoms with van der Waals surface area (Å²) >= 11 is 11.5. The van der Waals surface area contributed by atoms with Crippen molar-refractivity contribution < 1.29 is 33.0 Å². The number of benzene rings is 4. The first kappa shape index (κ1) is 33.9. The number of aromatic hydroxyl groups is 2. The molecule has 0 aliphatic carbocycles. The fourth-order valence-corrected chi connectivity index (χ4v) is 3.97. The molecule has 0 aromatic heterocycles. The Kier molecular flexibility index (Phi) is 11.7. The number of alkyl halides is 3. The van der Waals surface area contributed by atoms with Gasteiger partial charge in [0.1, 0.15) is 10.8 Å². The van der Waals surface area contributed by atoms with E-state index in [9.17, 15) is 33.0 Å². The Bertz CT molecular complexity index is 1600. The lowest BCUT2D eigenvalue weighted by Gasteiger charge is -2.13. The molecule has 8 nitrogen and oxygen atoms in total. The average Bonchev–Trinajstić information content (AvgIpc) is 2.98. The Balaban J connectivity index is 0.000000244. The molecule has 0 saturated heterocycles. The van der Waals surface area contributed by atoms with E-state index in [4.69, 9.17) is 23.2 Å². The molecule has 4 amide bonds. The van der Waals surface area contributed by atoms with E-state index in [2.05, 4.69) is 21.3 Å². The Morgan fingerprint density at radius 3 is 2.09 bits per heavy atom. The number of nitrogens with one attached hydrogen (secondary N) is 4. The zero-order valence-electron chi connectivity index (χ0n) is 23.5. The minimum absolute atomic E-state index is 0.000570. The molecule has 0 aliphatic rings. The molecule has 0 fully saturated rings. The van der Waals surface area contributed by atoms with E-state index in [1.807, 2.05) is 44.2 Å². The Morgan fingerprint density at radius 2 is 1.45 bits per heavy atom. The second kappa shape index (κ2) is 15.2. The molecule has 0 atom stereocenters. The topological polar surface area (TPSA) is 123 Å². The zero-order valence-corrected chi connectivity index (χ0v) is 25.0. The molecule has 4 aromatic carbocycles. The Labute approximate surface area is 261 Å². The van der Waals surface area contributed by atoms with Gasteiger partial charge in [-0.1, -0.05) is 79.5 Å². The van der Waals surface area contributed by atoms with Gasteiger partial charge in [-0.2, -0.15) is 13.2 Å². The van der Waals surface area contributed by atoms with Crippen LogP contribution in [0, 0.1) is 0 Å². The van der Waals surface area contributed by atoms with Crippen LogP contribution in [0.2, 0.25) is 10.0 Å². The lowest BCUT2D eigenvalue weighted by molar-refractivity contribution is -0.137. The predicted molar refractivity (Wildman–Crippen MR) is 167 cm³/mol. The van der Waals surface area contributed by atoms with Crippen LogP contribution in [0.1, 0.15) is 36.5 Å². The first-order valence-corrected chi connectivity index (χ1v) is 13.8. The van der Waals surface area contributed by atoms with Crippen molar-refractivity contribution in [2.45, 2.75) is 32.5 Å². The number of urea groups is 2. The summed E-state index contributed by atoms with van der Waals surface area (Å²) in [5.74, 6) is -0.154. The van der Waals surface area contributed by atoms with Gasteiger partial charge in [0.25, 0.3) is 0 Å². The number of phenolic OH excluding ortho intramolecular Hbond substituents is 2. The average molecular weight is 649 g/mol. The van der Waals surface area contributed by atoms with Gasteiger partial charge in [-0.3, -0.25) is 0 Å². The maximum atomic E-state index is 12.6. The van der Waals surface area contributed by atoms with Crippen LogP contribution in [0.4, 0.5) is 39.8 Å². The van der Waals surface area contributed by atoms with Gasteiger partial charge in [0.15, 0.2) is 5.75 Å². The van der Waals surface area contributed by atoms with E-state index in [-0.39, 0.29) is 44.5 Å². The van der Waals surface area contributed by atoms with Crippen LogP contribution in [0.15, 0.2) is 84.9 Å². The number of carbonyl (C=O) groups is 2. The molecule has 4 rings (SSSR count). The molecule has 0 heterocycles. The Hall–Kier alpha value is -4.61. The molecule has 0 spiro atoms. The predicted octanol–water partition coefficient (Wildman–Crippen LogP) is 9.20. The van der Waals surface area contributed by atoms with Crippen molar-refractivity contribution in [1.29, 1.82) is 0 Å². The van der Waals surface area contributed by atoms with E-state index in [1.165, 1.54) is 36.4 Å². The summed E-state index contributed by atoms with van der Waals surface area (Å²) in [6.45, 7) is 4.30. The van der Waals surface area contributed by atoms with Gasteiger partial charge in [0, 0.05) is 12.2 Å². The number of rotatable bonds is 6. The molecular formula is C31H29Cl2F3N4O4. The van der Waals surface area contributed by atoms with E-state index >= 15 is 0 Å². The molecule has 6 N–H and O–H groups in total. The summed E-state index contributed by atoms with van der Waals surface area (Å²) in [5.41, 5.74) is 1.39. The molecule has 13 heteroatoms. The maximum Gasteiger partial charge on any atom is 0.416 e. The van der Waals surface area contributed by atoms with Gasteiger partial charge in [0.05, 0.1) is 22.0 Å². The SMILES string of the molecule is CC(C)c1ccc(NC(=O)Nc2cccc(C(F)(F)F)c2)c(O)c1.O=C(NCc1ccccc1)Nc1ccc(Cl)c(Cl)c1O. The third-order valence-corrected chi connectivity index (χ3v) is 6.79. The van der Waals surface area contributed by atoms with E-state index in [0.717, 1.165) is 23.3 Å². The van der Waals surface area contributed by atoms with Crippen molar-refractivity contribution in [1.82, 2.24) is 5.32 Å². The van der Waals surface area contributed by atoms with Gasteiger partial charge in [0.2, 0.25) is 0 Å². The van der Waals surface area contributed by atoms with Gasteiger partial charge < -0.3 is 31.5 Å². The van der Waals surface area contributed by atoms with E-state index < -0.39 is 23.8 Å². The summed E-state index contributed by atoms with van der Waals surface area (Å²) in [6, 6.07) is 20.4. The second-order valence-corrected chi connectivity index (χ2v) is 10.4. The maximum absolute atomic E-state index is 12.6. The fraction of sp³-hybridized carbons (Fsp3) is 0.161. The molecule has 0 unspecified atom stereocenters. The highest BCUT2D eigenvalue weighted by Crippen LogP contribution is 2.37. The molecule has 232 valence electrons. The van der Waals surface area contributed by atoms with Crippen LogP contribution in [0.5, 0.6) is 11.5 Å².